The number of ether oxygens (including phenoxy) is 1. The van der Waals surface area contributed by atoms with Gasteiger partial charge in [0, 0.05) is 30.2 Å². The molecule has 1 amide bonds. The first-order valence-electron chi connectivity index (χ1n) is 9.80. The maximum Gasteiger partial charge on any atom is 0.265 e. The Morgan fingerprint density at radius 1 is 1.07 bits per heavy atom. The average molecular weight is 435 g/mol. The van der Waals surface area contributed by atoms with Gasteiger partial charge in [0.1, 0.15) is 5.75 Å². The molecule has 0 aliphatic carbocycles. The van der Waals surface area contributed by atoms with Gasteiger partial charge >= 0.3 is 0 Å². The van der Waals surface area contributed by atoms with E-state index in [9.17, 15) is 13.2 Å². The van der Waals surface area contributed by atoms with E-state index in [0.717, 1.165) is 31.2 Å². The second kappa shape index (κ2) is 8.34. The van der Waals surface area contributed by atoms with E-state index in [1.54, 1.807) is 40.7 Å². The highest BCUT2D eigenvalue weighted by molar-refractivity contribution is 7.89. The van der Waals surface area contributed by atoms with Crippen molar-refractivity contribution in [3.8, 4) is 5.75 Å². The fraction of sp³-hybridized carbons (Fsp3) is 0.381. The number of amides is 1. The van der Waals surface area contributed by atoms with E-state index >= 15 is 0 Å². The van der Waals surface area contributed by atoms with E-state index in [-0.39, 0.29) is 10.8 Å². The number of nitrogens with zero attached hydrogens (tertiary/aromatic N) is 1. The standard InChI is InChI=1S/C21H23ClN2O4S/c22-16-8-9-19-15(12-16)13-20(28-19)21(25)23-17-6-5-7-18(14-17)29(26,27)24-10-3-1-2-4-11-24/h5-9,12,14,20H,1-4,10-11,13H2,(H,23,25)/t20-/m0/s1. The summed E-state index contributed by atoms with van der Waals surface area (Å²) in [5, 5.41) is 3.38. The molecule has 1 fully saturated rings. The number of carbonyl (C=O) groups excluding carboxylic acids is 1. The van der Waals surface area contributed by atoms with E-state index in [4.69, 9.17) is 16.3 Å². The molecule has 4 rings (SSSR count). The molecule has 154 valence electrons. The topological polar surface area (TPSA) is 75.7 Å². The lowest BCUT2D eigenvalue weighted by atomic mass is 10.1. The summed E-state index contributed by atoms with van der Waals surface area (Å²) in [7, 11) is -3.58. The lowest BCUT2D eigenvalue weighted by Crippen LogP contribution is -2.32. The van der Waals surface area contributed by atoms with E-state index in [0.29, 0.717) is 36.0 Å². The maximum absolute atomic E-state index is 13.0. The van der Waals surface area contributed by atoms with Crippen molar-refractivity contribution in [2.24, 2.45) is 0 Å². The molecule has 29 heavy (non-hydrogen) atoms. The summed E-state index contributed by atoms with van der Waals surface area (Å²) in [5.74, 6) is 0.327. The minimum absolute atomic E-state index is 0.194. The number of carbonyl (C=O) groups is 1. The van der Waals surface area contributed by atoms with Crippen LogP contribution in [0.5, 0.6) is 5.75 Å². The van der Waals surface area contributed by atoms with Gasteiger partial charge in [0.2, 0.25) is 10.0 Å². The predicted molar refractivity (Wildman–Crippen MR) is 112 cm³/mol. The van der Waals surface area contributed by atoms with Crippen molar-refractivity contribution in [1.82, 2.24) is 4.31 Å². The third-order valence-corrected chi connectivity index (χ3v) is 7.42. The molecule has 2 aliphatic heterocycles. The Kier molecular flexibility index (Phi) is 5.81. The molecular formula is C21H23ClN2O4S. The van der Waals surface area contributed by atoms with Crippen LogP contribution >= 0.6 is 11.6 Å². The molecule has 2 aromatic carbocycles. The number of benzene rings is 2. The number of rotatable bonds is 4. The molecular weight excluding hydrogens is 412 g/mol. The smallest absolute Gasteiger partial charge is 0.265 e. The summed E-state index contributed by atoms with van der Waals surface area (Å²) in [4.78, 5) is 12.8. The van der Waals surface area contributed by atoms with E-state index in [1.807, 2.05) is 0 Å². The molecule has 2 aliphatic rings. The monoisotopic (exact) mass is 434 g/mol. The molecule has 2 heterocycles. The SMILES string of the molecule is O=C(Nc1cccc(S(=O)(=O)N2CCCCCC2)c1)[C@@H]1Cc2cc(Cl)ccc2O1. The van der Waals surface area contributed by atoms with Crippen molar-refractivity contribution in [1.29, 1.82) is 0 Å². The van der Waals surface area contributed by atoms with Crippen LogP contribution in [0, 0.1) is 0 Å². The van der Waals surface area contributed by atoms with Crippen LogP contribution in [0.25, 0.3) is 0 Å². The van der Waals surface area contributed by atoms with Gasteiger partial charge in [-0.1, -0.05) is 30.5 Å². The fourth-order valence-electron chi connectivity index (χ4n) is 3.75. The van der Waals surface area contributed by atoms with Crippen molar-refractivity contribution < 1.29 is 17.9 Å². The van der Waals surface area contributed by atoms with Gasteiger partial charge in [-0.05, 0) is 54.8 Å². The molecule has 0 saturated carbocycles. The van der Waals surface area contributed by atoms with Crippen molar-refractivity contribution in [3.05, 3.63) is 53.1 Å². The Morgan fingerprint density at radius 3 is 2.59 bits per heavy atom. The minimum Gasteiger partial charge on any atom is -0.480 e. The van der Waals surface area contributed by atoms with Gasteiger partial charge in [0.05, 0.1) is 4.90 Å². The molecule has 0 aromatic heterocycles. The quantitative estimate of drug-likeness (QED) is 0.793. The lowest BCUT2D eigenvalue weighted by Gasteiger charge is -2.20. The summed E-state index contributed by atoms with van der Waals surface area (Å²) in [6.45, 7) is 1.07. The molecule has 1 N–H and O–H groups in total. The first kappa shape index (κ1) is 20.2. The highest BCUT2D eigenvalue weighted by atomic mass is 35.5. The van der Waals surface area contributed by atoms with Gasteiger partial charge in [0.15, 0.2) is 6.10 Å². The third-order valence-electron chi connectivity index (χ3n) is 5.29. The number of fused-ring (bicyclic) bond motifs is 1. The first-order chi connectivity index (χ1) is 13.9. The highest BCUT2D eigenvalue weighted by Gasteiger charge is 2.30. The van der Waals surface area contributed by atoms with Gasteiger partial charge in [0.25, 0.3) is 5.91 Å². The molecule has 2 aromatic rings. The summed E-state index contributed by atoms with van der Waals surface area (Å²) in [6, 6.07) is 11.7. The van der Waals surface area contributed by atoms with Crippen molar-refractivity contribution in [2.75, 3.05) is 18.4 Å². The van der Waals surface area contributed by atoms with E-state index in [1.165, 1.54) is 6.07 Å². The van der Waals surface area contributed by atoms with Crippen LogP contribution in [0.15, 0.2) is 47.4 Å². The first-order valence-corrected chi connectivity index (χ1v) is 11.6. The van der Waals surface area contributed by atoms with Crippen LogP contribution in [0.2, 0.25) is 5.02 Å². The minimum atomic E-state index is -3.58. The number of nitrogens with one attached hydrogen (secondary N) is 1. The number of sulfonamides is 1. The Hall–Kier alpha value is -2.09. The Balaban J connectivity index is 1.47. The van der Waals surface area contributed by atoms with Crippen LogP contribution in [-0.4, -0.2) is 37.8 Å². The van der Waals surface area contributed by atoms with Crippen molar-refractivity contribution >= 4 is 33.2 Å². The second-order valence-electron chi connectivity index (χ2n) is 7.40. The summed E-state index contributed by atoms with van der Waals surface area (Å²) in [5.41, 5.74) is 1.32. The van der Waals surface area contributed by atoms with Gasteiger partial charge in [-0.3, -0.25) is 4.79 Å². The molecule has 8 heteroatoms. The zero-order chi connectivity index (χ0) is 20.4. The Bertz CT molecular complexity index is 1020. The highest BCUT2D eigenvalue weighted by Crippen LogP contribution is 2.31. The Morgan fingerprint density at radius 2 is 1.83 bits per heavy atom. The van der Waals surface area contributed by atoms with E-state index in [2.05, 4.69) is 5.32 Å². The molecule has 0 unspecified atom stereocenters. The third kappa shape index (κ3) is 4.42. The zero-order valence-electron chi connectivity index (χ0n) is 15.9. The van der Waals surface area contributed by atoms with Crippen molar-refractivity contribution in [2.45, 2.75) is 43.1 Å². The van der Waals surface area contributed by atoms with Crippen LogP contribution in [0.1, 0.15) is 31.2 Å². The molecule has 1 atom stereocenters. The zero-order valence-corrected chi connectivity index (χ0v) is 17.5. The average Bonchev–Trinajstić information content (AvgIpc) is 2.92. The lowest BCUT2D eigenvalue weighted by molar-refractivity contribution is -0.122. The number of anilines is 1. The van der Waals surface area contributed by atoms with Gasteiger partial charge in [-0.2, -0.15) is 4.31 Å². The maximum atomic E-state index is 13.0. The van der Waals surface area contributed by atoms with Crippen molar-refractivity contribution in [3.63, 3.8) is 0 Å². The number of hydrogen-bond donors (Lipinski definition) is 1. The number of hydrogen-bond acceptors (Lipinski definition) is 4. The molecule has 0 bridgehead atoms. The predicted octanol–water partition coefficient (Wildman–Crippen LogP) is 3.85. The molecule has 6 nitrogen and oxygen atoms in total. The Labute approximate surface area is 175 Å². The fourth-order valence-corrected chi connectivity index (χ4v) is 5.51. The molecule has 1 saturated heterocycles. The largest absolute Gasteiger partial charge is 0.480 e. The second-order valence-corrected chi connectivity index (χ2v) is 9.77. The van der Waals surface area contributed by atoms with Crippen LogP contribution in [0.4, 0.5) is 5.69 Å². The molecule has 0 radical (unpaired) electrons. The van der Waals surface area contributed by atoms with Crippen LogP contribution in [0.3, 0.4) is 0 Å². The summed E-state index contributed by atoms with van der Waals surface area (Å²) in [6.07, 6.45) is 3.61. The van der Waals surface area contributed by atoms with Gasteiger partial charge in [-0.25, -0.2) is 8.42 Å². The normalized spacial score (nSPS) is 19.8. The summed E-state index contributed by atoms with van der Waals surface area (Å²) >= 11 is 6.00. The van der Waals surface area contributed by atoms with E-state index < -0.39 is 16.1 Å². The van der Waals surface area contributed by atoms with Gasteiger partial charge in [-0.15, -0.1) is 0 Å². The summed E-state index contributed by atoms with van der Waals surface area (Å²) < 4.78 is 33.2. The van der Waals surface area contributed by atoms with Crippen LogP contribution < -0.4 is 10.1 Å². The van der Waals surface area contributed by atoms with Crippen LogP contribution in [-0.2, 0) is 21.2 Å². The molecule has 0 spiro atoms. The number of halogens is 1. The van der Waals surface area contributed by atoms with Gasteiger partial charge < -0.3 is 10.1 Å².